The average Bonchev–Trinajstić information content (AvgIpc) is 2.71. The molecule has 0 nitrogen and oxygen atoms in total. The van der Waals surface area contributed by atoms with Crippen molar-refractivity contribution >= 4 is 19.3 Å². The van der Waals surface area contributed by atoms with Gasteiger partial charge in [-0.15, -0.1) is 13.2 Å². The summed E-state index contributed by atoms with van der Waals surface area (Å²) in [5.41, 5.74) is 4.14. The molecule has 0 saturated carbocycles. The molecule has 2 aliphatic rings. The molecular weight excluding hydrogens is 283 g/mol. The first-order chi connectivity index (χ1) is 10.8. The first kappa shape index (κ1) is 15.0. The van der Waals surface area contributed by atoms with Crippen LogP contribution in [0.1, 0.15) is 11.1 Å². The van der Waals surface area contributed by atoms with Crippen molar-refractivity contribution in [3.63, 3.8) is 0 Å². The van der Waals surface area contributed by atoms with Crippen LogP contribution >= 0.6 is 7.92 Å². The Morgan fingerprint density at radius 2 is 1.73 bits per heavy atom. The normalized spacial score (nSPS) is 18.9. The van der Waals surface area contributed by atoms with Gasteiger partial charge in [-0.05, 0) is 34.3 Å². The van der Waals surface area contributed by atoms with E-state index in [2.05, 4.69) is 86.0 Å². The van der Waals surface area contributed by atoms with Crippen LogP contribution < -0.4 is 0 Å². The predicted molar refractivity (Wildman–Crippen MR) is 101 cm³/mol. The second-order valence-corrected chi connectivity index (χ2v) is 7.76. The summed E-state index contributed by atoms with van der Waals surface area (Å²) < 4.78 is 0. The van der Waals surface area contributed by atoms with E-state index in [1.54, 1.807) is 0 Å². The van der Waals surface area contributed by atoms with Crippen LogP contribution in [0.5, 0.6) is 0 Å². The molecule has 0 spiro atoms. The Morgan fingerprint density at radius 3 is 2.50 bits per heavy atom. The molecule has 0 N–H and O–H groups in total. The van der Waals surface area contributed by atoms with Gasteiger partial charge in [0.25, 0.3) is 0 Å². The third-order valence-corrected chi connectivity index (χ3v) is 6.58. The summed E-state index contributed by atoms with van der Waals surface area (Å²) in [7, 11) is -0.308. The molecule has 0 amide bonds. The van der Waals surface area contributed by atoms with Gasteiger partial charge in [0.1, 0.15) is 0 Å². The lowest BCUT2D eigenvalue weighted by Gasteiger charge is -2.25. The summed E-state index contributed by atoms with van der Waals surface area (Å²) in [5, 5.41) is 1.51. The molecule has 0 heterocycles. The number of allylic oxidation sites excluding steroid dienone is 8. The molecule has 0 saturated heterocycles. The summed E-state index contributed by atoms with van der Waals surface area (Å²) in [6.45, 7) is 7.95. The van der Waals surface area contributed by atoms with Crippen LogP contribution in [0.15, 0.2) is 85.5 Å². The van der Waals surface area contributed by atoms with E-state index in [9.17, 15) is 0 Å². The van der Waals surface area contributed by atoms with E-state index in [0.29, 0.717) is 5.92 Å². The van der Waals surface area contributed by atoms with Crippen molar-refractivity contribution < 1.29 is 0 Å². The van der Waals surface area contributed by atoms with E-state index in [1.165, 1.54) is 22.0 Å². The highest BCUT2D eigenvalue weighted by Crippen LogP contribution is 2.55. The molecule has 3 rings (SSSR count). The molecule has 1 aromatic rings. The fourth-order valence-electron chi connectivity index (χ4n) is 3.11. The van der Waals surface area contributed by atoms with Crippen LogP contribution in [0, 0.1) is 5.92 Å². The van der Waals surface area contributed by atoms with Gasteiger partial charge in [-0.2, -0.15) is 0 Å². The van der Waals surface area contributed by atoms with Gasteiger partial charge in [-0.3, -0.25) is 0 Å². The molecule has 110 valence electrons. The minimum atomic E-state index is -0.308. The van der Waals surface area contributed by atoms with Crippen LogP contribution in [0.2, 0.25) is 0 Å². The lowest BCUT2D eigenvalue weighted by Crippen LogP contribution is -2.02. The summed E-state index contributed by atoms with van der Waals surface area (Å²) in [4.78, 5) is 0. The monoisotopic (exact) mass is 304 g/mol. The minimum Gasteiger partial charge on any atom is -0.103 e. The molecule has 22 heavy (non-hydrogen) atoms. The van der Waals surface area contributed by atoms with E-state index in [-0.39, 0.29) is 7.92 Å². The van der Waals surface area contributed by atoms with Gasteiger partial charge in [-0.1, -0.05) is 80.8 Å². The van der Waals surface area contributed by atoms with Crippen molar-refractivity contribution in [2.45, 2.75) is 0 Å². The molecule has 1 unspecified atom stereocenters. The van der Waals surface area contributed by atoms with Crippen molar-refractivity contribution in [3.8, 4) is 0 Å². The molecule has 0 radical (unpaired) electrons. The lowest BCUT2D eigenvalue weighted by molar-refractivity contribution is 1.01. The summed E-state index contributed by atoms with van der Waals surface area (Å²) >= 11 is 0. The Bertz CT molecular complexity index is 690. The van der Waals surface area contributed by atoms with E-state index in [1.807, 2.05) is 0 Å². The van der Waals surface area contributed by atoms with Crippen LogP contribution in [0.4, 0.5) is 0 Å². The first-order valence-electron chi connectivity index (χ1n) is 7.68. The largest absolute Gasteiger partial charge is 0.103 e. The molecule has 1 aromatic carbocycles. The fourth-order valence-corrected chi connectivity index (χ4v) is 5.38. The highest BCUT2D eigenvalue weighted by atomic mass is 31.1. The highest BCUT2D eigenvalue weighted by Gasteiger charge is 2.24. The zero-order chi connectivity index (χ0) is 15.4. The van der Waals surface area contributed by atoms with Crippen LogP contribution in [0.25, 0.3) is 11.4 Å². The fraction of sp³-hybridized carbons (Fsp3) is 0.143. The van der Waals surface area contributed by atoms with Gasteiger partial charge >= 0.3 is 0 Å². The van der Waals surface area contributed by atoms with Gasteiger partial charge in [0.2, 0.25) is 0 Å². The molecule has 0 aliphatic heterocycles. The van der Waals surface area contributed by atoms with Gasteiger partial charge in [0.05, 0.1) is 0 Å². The third kappa shape index (κ3) is 2.85. The molecule has 2 aliphatic carbocycles. The highest BCUT2D eigenvalue weighted by molar-refractivity contribution is 7.68. The topological polar surface area (TPSA) is 0 Å². The van der Waals surface area contributed by atoms with Crippen molar-refractivity contribution in [3.05, 3.63) is 96.7 Å². The second kappa shape index (κ2) is 6.90. The van der Waals surface area contributed by atoms with Gasteiger partial charge in [0.15, 0.2) is 0 Å². The maximum atomic E-state index is 3.97. The Labute approximate surface area is 134 Å². The maximum Gasteiger partial charge on any atom is 0.0211 e. The second-order valence-electron chi connectivity index (χ2n) is 5.50. The van der Waals surface area contributed by atoms with Gasteiger partial charge in [-0.25, -0.2) is 0 Å². The summed E-state index contributed by atoms with van der Waals surface area (Å²) in [6.07, 6.45) is 19.7. The van der Waals surface area contributed by atoms with Gasteiger partial charge in [0, 0.05) is 5.92 Å². The van der Waals surface area contributed by atoms with E-state index in [4.69, 9.17) is 0 Å². The van der Waals surface area contributed by atoms with Crippen molar-refractivity contribution in [2.75, 3.05) is 12.3 Å². The molecule has 1 heteroatoms. The van der Waals surface area contributed by atoms with E-state index < -0.39 is 0 Å². The Morgan fingerprint density at radius 1 is 0.955 bits per heavy atom. The van der Waals surface area contributed by atoms with E-state index in [0.717, 1.165) is 12.3 Å². The molecule has 0 aromatic heterocycles. The van der Waals surface area contributed by atoms with Crippen molar-refractivity contribution in [2.24, 2.45) is 5.92 Å². The Kier molecular flexibility index (Phi) is 4.71. The smallest absolute Gasteiger partial charge is 0.0211 e. The summed E-state index contributed by atoms with van der Waals surface area (Å²) in [5.74, 6) is 0.382. The zero-order valence-corrected chi connectivity index (χ0v) is 13.7. The lowest BCUT2D eigenvalue weighted by atomic mass is 9.94. The molecule has 1 atom stereocenters. The number of benzene rings is 1. The van der Waals surface area contributed by atoms with Crippen LogP contribution in [0.3, 0.4) is 0 Å². The number of hydrogen-bond acceptors (Lipinski definition) is 0. The molecule has 0 fully saturated rings. The quantitative estimate of drug-likeness (QED) is 0.461. The number of rotatable bonds is 5. The predicted octanol–water partition coefficient (Wildman–Crippen LogP) is 6.02. The standard InChI is InChI=1S/C21H21P/c1-3-15-22(16-4-2)21-19-11-7-5-9-17(19)13-14-18-10-6-8-12-20(18)21/h3-14,17H,1-2,15-16H2. The first-order valence-corrected chi connectivity index (χ1v) is 9.39. The van der Waals surface area contributed by atoms with Crippen LogP contribution in [-0.2, 0) is 0 Å². The molecular formula is C21H21P. The summed E-state index contributed by atoms with van der Waals surface area (Å²) in [6, 6.07) is 8.74. The average molecular weight is 304 g/mol. The number of fused-ring (bicyclic) bond motifs is 2. The van der Waals surface area contributed by atoms with Gasteiger partial charge < -0.3 is 0 Å². The SMILES string of the molecule is C=CCP(CC=C)C1=C2C=CC=CC2C=Cc2ccccc21. The van der Waals surface area contributed by atoms with Crippen molar-refractivity contribution in [1.29, 1.82) is 0 Å². The zero-order valence-electron chi connectivity index (χ0n) is 12.8. The van der Waals surface area contributed by atoms with Crippen molar-refractivity contribution in [1.82, 2.24) is 0 Å². The van der Waals surface area contributed by atoms with E-state index >= 15 is 0 Å². The Balaban J connectivity index is 2.22. The molecule has 0 bridgehead atoms. The maximum absolute atomic E-state index is 3.97. The van der Waals surface area contributed by atoms with Crippen LogP contribution in [-0.4, -0.2) is 12.3 Å². The number of hydrogen-bond donors (Lipinski definition) is 0. The Hall–Kier alpha value is -1.91. The minimum absolute atomic E-state index is 0.308. The third-order valence-electron chi connectivity index (χ3n) is 4.05.